The summed E-state index contributed by atoms with van der Waals surface area (Å²) in [7, 11) is 1.69. The van der Waals surface area contributed by atoms with Gasteiger partial charge in [-0.3, -0.25) is 9.59 Å². The maximum atomic E-state index is 12.0. The Morgan fingerprint density at radius 3 is 2.68 bits per heavy atom. The molecular weight excluding hydrogens is 318 g/mol. The second-order valence-corrected chi connectivity index (χ2v) is 5.42. The van der Waals surface area contributed by atoms with Gasteiger partial charge in [0.15, 0.2) is 6.61 Å². The number of para-hydroxylation sites is 1. The highest BCUT2D eigenvalue weighted by atomic mass is 16.5. The number of nitrogens with zero attached hydrogens (tertiary/aromatic N) is 2. The molecule has 3 rings (SSSR count). The minimum absolute atomic E-state index is 0.198. The summed E-state index contributed by atoms with van der Waals surface area (Å²) in [4.78, 5) is 23.8. The molecule has 126 valence electrons. The number of ether oxygens (including phenoxy) is 1. The molecule has 0 saturated carbocycles. The monoisotopic (exact) mass is 335 g/mol. The molecular formula is C19H17N3O3. The van der Waals surface area contributed by atoms with Gasteiger partial charge in [-0.15, -0.1) is 0 Å². The lowest BCUT2D eigenvalue weighted by Gasteiger charge is -2.10. The number of carbonyl (C=O) groups excluding carboxylic acids is 1. The number of nitrogens with one attached hydrogen (secondary N) is 1. The lowest BCUT2D eigenvalue weighted by atomic mass is 10.2. The van der Waals surface area contributed by atoms with Crippen molar-refractivity contribution in [3.63, 3.8) is 0 Å². The van der Waals surface area contributed by atoms with Crippen molar-refractivity contribution in [2.45, 2.75) is 0 Å². The molecule has 0 spiro atoms. The molecule has 1 heterocycles. The second kappa shape index (κ2) is 7.44. The SMILES string of the molecule is Cn1c(=O)cc(OCC(=O)N/N=C/c2ccccc2)c2ccccc21. The molecule has 0 unspecified atom stereocenters. The van der Waals surface area contributed by atoms with Crippen LogP contribution in [0.25, 0.3) is 10.9 Å². The maximum Gasteiger partial charge on any atom is 0.277 e. The quantitative estimate of drug-likeness (QED) is 0.573. The fraction of sp³-hybridized carbons (Fsp3) is 0.105. The number of benzene rings is 2. The van der Waals surface area contributed by atoms with Crippen LogP contribution in [0.5, 0.6) is 5.75 Å². The van der Waals surface area contributed by atoms with Gasteiger partial charge < -0.3 is 9.30 Å². The Kier molecular flexibility index (Phi) is 4.89. The highest BCUT2D eigenvalue weighted by molar-refractivity contribution is 5.86. The Balaban J connectivity index is 1.67. The van der Waals surface area contributed by atoms with Crippen molar-refractivity contribution >= 4 is 23.0 Å². The Hall–Kier alpha value is -3.41. The molecule has 3 aromatic rings. The van der Waals surface area contributed by atoms with Crippen LogP contribution in [0.1, 0.15) is 5.56 Å². The van der Waals surface area contributed by atoms with Crippen molar-refractivity contribution in [1.82, 2.24) is 9.99 Å². The van der Waals surface area contributed by atoms with Crippen LogP contribution in [0.3, 0.4) is 0 Å². The minimum Gasteiger partial charge on any atom is -0.483 e. The molecule has 25 heavy (non-hydrogen) atoms. The Labute approximate surface area is 144 Å². The number of pyridine rings is 1. The summed E-state index contributed by atoms with van der Waals surface area (Å²) in [5.74, 6) is -0.0298. The third-order valence-electron chi connectivity index (χ3n) is 3.68. The molecule has 0 aliphatic heterocycles. The van der Waals surface area contributed by atoms with Crippen LogP contribution >= 0.6 is 0 Å². The zero-order chi connectivity index (χ0) is 17.6. The van der Waals surface area contributed by atoms with Crippen molar-refractivity contribution in [1.29, 1.82) is 0 Å². The molecule has 0 atom stereocenters. The standard InChI is InChI=1S/C19H17N3O3/c1-22-16-10-6-5-9-15(16)17(11-19(22)24)25-13-18(23)21-20-12-14-7-3-2-4-8-14/h2-12H,13H2,1H3,(H,21,23)/b20-12+. The normalized spacial score (nSPS) is 10.9. The van der Waals surface area contributed by atoms with E-state index in [-0.39, 0.29) is 12.2 Å². The molecule has 1 amide bonds. The third kappa shape index (κ3) is 3.92. The van der Waals surface area contributed by atoms with Crippen LogP contribution in [-0.2, 0) is 11.8 Å². The van der Waals surface area contributed by atoms with E-state index in [0.29, 0.717) is 5.75 Å². The Morgan fingerprint density at radius 1 is 1.16 bits per heavy atom. The van der Waals surface area contributed by atoms with E-state index in [4.69, 9.17) is 4.74 Å². The van der Waals surface area contributed by atoms with Gasteiger partial charge in [0.25, 0.3) is 11.5 Å². The number of rotatable bonds is 5. The number of aryl methyl sites for hydroxylation is 1. The van der Waals surface area contributed by atoms with E-state index in [1.54, 1.807) is 13.3 Å². The molecule has 6 heteroatoms. The zero-order valence-electron chi connectivity index (χ0n) is 13.7. The van der Waals surface area contributed by atoms with Crippen molar-refractivity contribution in [3.8, 4) is 5.75 Å². The molecule has 0 aliphatic rings. The zero-order valence-corrected chi connectivity index (χ0v) is 13.7. The van der Waals surface area contributed by atoms with E-state index in [1.165, 1.54) is 10.6 Å². The number of fused-ring (bicyclic) bond motifs is 1. The Morgan fingerprint density at radius 2 is 1.88 bits per heavy atom. The van der Waals surface area contributed by atoms with Gasteiger partial charge in [0, 0.05) is 18.5 Å². The summed E-state index contributed by atoms with van der Waals surface area (Å²) in [6.45, 7) is -0.233. The van der Waals surface area contributed by atoms with E-state index in [1.807, 2.05) is 54.6 Å². The largest absolute Gasteiger partial charge is 0.483 e. The summed E-state index contributed by atoms with van der Waals surface area (Å²) in [5, 5.41) is 4.65. The van der Waals surface area contributed by atoms with Crippen LogP contribution in [-0.4, -0.2) is 23.3 Å². The number of carbonyl (C=O) groups is 1. The van der Waals surface area contributed by atoms with Crippen LogP contribution < -0.4 is 15.7 Å². The first-order chi connectivity index (χ1) is 12.1. The number of aromatic nitrogens is 1. The van der Waals surface area contributed by atoms with Crippen LogP contribution in [0.4, 0.5) is 0 Å². The van der Waals surface area contributed by atoms with Crippen molar-refractivity contribution in [3.05, 3.63) is 76.6 Å². The molecule has 2 aromatic carbocycles. The average Bonchev–Trinajstić information content (AvgIpc) is 2.64. The van der Waals surface area contributed by atoms with Gasteiger partial charge in [0.2, 0.25) is 0 Å². The van der Waals surface area contributed by atoms with Crippen LogP contribution in [0, 0.1) is 0 Å². The smallest absolute Gasteiger partial charge is 0.277 e. The van der Waals surface area contributed by atoms with Crippen LogP contribution in [0.15, 0.2) is 70.6 Å². The van der Waals surface area contributed by atoms with Crippen LogP contribution in [0.2, 0.25) is 0 Å². The summed E-state index contributed by atoms with van der Waals surface area (Å²) < 4.78 is 7.05. The molecule has 6 nitrogen and oxygen atoms in total. The van der Waals surface area contributed by atoms with Gasteiger partial charge in [-0.1, -0.05) is 42.5 Å². The lowest BCUT2D eigenvalue weighted by molar-refractivity contribution is -0.123. The molecule has 0 fully saturated rings. The highest BCUT2D eigenvalue weighted by Crippen LogP contribution is 2.22. The van der Waals surface area contributed by atoms with E-state index in [9.17, 15) is 9.59 Å². The van der Waals surface area contributed by atoms with Gasteiger partial charge in [0.05, 0.1) is 11.7 Å². The van der Waals surface area contributed by atoms with Crippen molar-refractivity contribution in [2.75, 3.05) is 6.61 Å². The minimum atomic E-state index is -0.406. The first-order valence-corrected chi connectivity index (χ1v) is 7.73. The number of amides is 1. The fourth-order valence-electron chi connectivity index (χ4n) is 2.39. The topological polar surface area (TPSA) is 72.7 Å². The third-order valence-corrected chi connectivity index (χ3v) is 3.68. The maximum absolute atomic E-state index is 12.0. The van der Waals surface area contributed by atoms with Gasteiger partial charge in [-0.2, -0.15) is 5.10 Å². The first-order valence-electron chi connectivity index (χ1n) is 7.73. The first kappa shape index (κ1) is 16.4. The highest BCUT2D eigenvalue weighted by Gasteiger charge is 2.09. The lowest BCUT2D eigenvalue weighted by Crippen LogP contribution is -2.25. The number of hydrazone groups is 1. The second-order valence-electron chi connectivity index (χ2n) is 5.42. The van der Waals surface area contributed by atoms with Crippen molar-refractivity contribution < 1.29 is 9.53 Å². The molecule has 0 bridgehead atoms. The van der Waals surface area contributed by atoms with Gasteiger partial charge in [0.1, 0.15) is 5.75 Å². The van der Waals surface area contributed by atoms with E-state index in [2.05, 4.69) is 10.5 Å². The summed E-state index contributed by atoms with van der Waals surface area (Å²) >= 11 is 0. The predicted octanol–water partition coefficient (Wildman–Crippen LogP) is 2.07. The fourth-order valence-corrected chi connectivity index (χ4v) is 2.39. The van der Waals surface area contributed by atoms with E-state index in [0.717, 1.165) is 16.5 Å². The molecule has 1 aromatic heterocycles. The molecule has 0 aliphatic carbocycles. The molecule has 0 saturated heterocycles. The van der Waals surface area contributed by atoms with Gasteiger partial charge in [-0.25, -0.2) is 5.43 Å². The predicted molar refractivity (Wildman–Crippen MR) is 96.9 cm³/mol. The van der Waals surface area contributed by atoms with E-state index < -0.39 is 5.91 Å². The Bertz CT molecular complexity index is 978. The van der Waals surface area contributed by atoms with E-state index >= 15 is 0 Å². The van der Waals surface area contributed by atoms with Gasteiger partial charge in [-0.05, 0) is 17.7 Å². The van der Waals surface area contributed by atoms with Crippen molar-refractivity contribution in [2.24, 2.45) is 12.1 Å². The summed E-state index contributed by atoms with van der Waals surface area (Å²) in [6, 6.07) is 18.2. The van der Waals surface area contributed by atoms with Gasteiger partial charge >= 0.3 is 0 Å². The molecule has 1 N–H and O–H groups in total. The number of hydrogen-bond acceptors (Lipinski definition) is 4. The summed E-state index contributed by atoms with van der Waals surface area (Å²) in [5.41, 5.74) is 3.82. The number of hydrogen-bond donors (Lipinski definition) is 1. The summed E-state index contributed by atoms with van der Waals surface area (Å²) in [6.07, 6.45) is 1.55. The molecule has 0 radical (unpaired) electrons. The average molecular weight is 335 g/mol.